The van der Waals surface area contributed by atoms with Gasteiger partial charge in [0.2, 0.25) is 0 Å². The van der Waals surface area contributed by atoms with Crippen LogP contribution < -0.4 is 18.9 Å². The fraction of sp³-hybridized carbons (Fsp3) is 0.500. The number of rotatable bonds is 0. The summed E-state index contributed by atoms with van der Waals surface area (Å²) in [6.07, 6.45) is 5.01. The van der Waals surface area contributed by atoms with Crippen LogP contribution in [-0.2, 0) is 0 Å². The summed E-state index contributed by atoms with van der Waals surface area (Å²) in [4.78, 5) is 0. The van der Waals surface area contributed by atoms with Gasteiger partial charge in [0.25, 0.3) is 0 Å². The van der Waals surface area contributed by atoms with E-state index in [1.165, 1.54) is 0 Å². The van der Waals surface area contributed by atoms with E-state index in [4.69, 9.17) is 0 Å². The van der Waals surface area contributed by atoms with E-state index in [0.29, 0.717) is 5.92 Å². The zero-order chi connectivity index (χ0) is 2.99. The second-order valence-corrected chi connectivity index (χ2v) is 1.12. The van der Waals surface area contributed by atoms with Gasteiger partial charge in [-0.25, -0.2) is 0 Å². The van der Waals surface area contributed by atoms with Crippen molar-refractivity contribution in [1.29, 1.82) is 0 Å². The van der Waals surface area contributed by atoms with Gasteiger partial charge in [-0.1, -0.05) is 6.92 Å². The molecule has 0 spiro atoms. The van der Waals surface area contributed by atoms with Crippen LogP contribution in [0.2, 0.25) is 0 Å². The molecule has 0 amide bonds. The van der Waals surface area contributed by atoms with Crippen LogP contribution in [-0.4, -0.2) is 0 Å². The van der Waals surface area contributed by atoms with Crippen molar-refractivity contribution in [3.05, 3.63) is 12.2 Å². The average Bonchev–Trinajstić information content (AvgIpc) is 1.75. The first-order valence-electron chi connectivity index (χ1n) is 1.49. The summed E-state index contributed by atoms with van der Waals surface area (Å²) in [5.74, 6) is 0.708. The quantitative estimate of drug-likeness (QED) is 0.224. The van der Waals surface area contributed by atoms with Gasteiger partial charge in [0.05, 0.1) is 0 Å². The molecule has 22 valence electrons. The fourth-order valence-electron chi connectivity index (χ4n) is 0.0962. The summed E-state index contributed by atoms with van der Waals surface area (Å²) in [5, 5.41) is 0. The summed E-state index contributed by atoms with van der Waals surface area (Å²) in [5.41, 5.74) is 0. The second kappa shape index (κ2) is 1.70. The normalized spacial score (nSPS) is 28.6. The molecule has 0 aromatic rings. The smallest absolute Gasteiger partial charge is 0.499 e. The number of hydrogen-bond acceptors (Lipinski definition) is 0. The zero-order valence-corrected chi connectivity index (χ0v) is 3.65. The molecule has 0 N–H and O–H groups in total. The molecule has 1 aliphatic carbocycles. The van der Waals surface area contributed by atoms with E-state index in [9.17, 15) is 0 Å². The van der Waals surface area contributed by atoms with E-state index in [1.54, 1.807) is 0 Å². The Bertz CT molecular complexity index is 41.6. The van der Waals surface area contributed by atoms with Crippen LogP contribution in [0.1, 0.15) is 6.92 Å². The van der Waals surface area contributed by atoms with Crippen LogP contribution >= 0.6 is 0 Å². The van der Waals surface area contributed by atoms with Crippen molar-refractivity contribution in [2.24, 2.45) is 5.92 Å². The van der Waals surface area contributed by atoms with Gasteiger partial charge in [-0.2, -0.15) is 5.92 Å². The van der Waals surface area contributed by atoms with Crippen LogP contribution in [0, 0.1) is 12.0 Å². The monoisotopic (exact) mass is 60.1 g/mol. The first-order chi connectivity index (χ1) is 1.89. The molecule has 0 saturated carbocycles. The van der Waals surface area contributed by atoms with Gasteiger partial charge in [-0.3, -0.25) is 6.08 Å². The average molecular weight is 60.0 g/mol. The summed E-state index contributed by atoms with van der Waals surface area (Å²) in [7, 11) is 0. The molecule has 0 bridgehead atoms. The van der Waals surface area contributed by atoms with Crippen LogP contribution in [0.5, 0.6) is 0 Å². The molecule has 0 aromatic heterocycles. The Balaban J connectivity index is 0.000000160. The molecule has 0 fully saturated rings. The molecule has 1 atom stereocenters. The Morgan fingerprint density at radius 2 is 2.00 bits per heavy atom. The first-order valence-corrected chi connectivity index (χ1v) is 1.49. The summed E-state index contributed by atoms with van der Waals surface area (Å²) < 4.78 is 0. The third-order valence-electron chi connectivity index (χ3n) is 0.500. The van der Waals surface area contributed by atoms with Crippen LogP contribution in [0.3, 0.4) is 0 Å². The maximum atomic E-state index is 2.97. The Kier molecular flexibility index (Phi) is 1.81. The topological polar surface area (TPSA) is 0 Å². The van der Waals surface area contributed by atoms with E-state index in [2.05, 4.69) is 13.0 Å². The molecule has 0 heterocycles. The van der Waals surface area contributed by atoms with Gasteiger partial charge in [0.1, 0.15) is 0 Å². The van der Waals surface area contributed by atoms with Gasteiger partial charge in [0, 0.05) is 0 Å². The molecule has 0 aliphatic heterocycles. The summed E-state index contributed by atoms with van der Waals surface area (Å²) in [6.45, 7) is 2.11. The van der Waals surface area contributed by atoms with Crippen LogP contribution in [0.25, 0.3) is 0 Å². The van der Waals surface area contributed by atoms with Gasteiger partial charge in [-0.05, 0) is 0 Å². The maximum Gasteiger partial charge on any atom is 1.00 e. The predicted octanol–water partition coefficient (Wildman–Crippen LogP) is -2.00. The van der Waals surface area contributed by atoms with E-state index in [-0.39, 0.29) is 18.9 Å². The van der Waals surface area contributed by atoms with Gasteiger partial charge >= 0.3 is 18.9 Å². The molecule has 1 aliphatic rings. The van der Waals surface area contributed by atoms with Crippen molar-refractivity contribution in [1.82, 2.24) is 0 Å². The van der Waals surface area contributed by atoms with Crippen molar-refractivity contribution in [2.45, 2.75) is 6.92 Å². The van der Waals surface area contributed by atoms with Crippen molar-refractivity contribution >= 4 is 0 Å². The van der Waals surface area contributed by atoms with E-state index < -0.39 is 0 Å². The minimum atomic E-state index is 0. The van der Waals surface area contributed by atoms with Crippen molar-refractivity contribution < 1.29 is 18.9 Å². The molecule has 0 nitrogen and oxygen atoms in total. The van der Waals surface area contributed by atoms with E-state index in [0.717, 1.165) is 0 Å². The van der Waals surface area contributed by atoms with Crippen LogP contribution in [0.4, 0.5) is 0 Å². The minimum absolute atomic E-state index is 0. The first kappa shape index (κ1) is 5.34. The summed E-state index contributed by atoms with van der Waals surface area (Å²) >= 11 is 0. The third kappa shape index (κ3) is 2.13. The molecule has 0 aromatic carbocycles. The van der Waals surface area contributed by atoms with Crippen molar-refractivity contribution in [2.75, 3.05) is 0 Å². The van der Waals surface area contributed by atoms with Crippen LogP contribution in [0.15, 0.2) is 6.08 Å². The standard InChI is InChI=1S/C4H5.Li/c1-4-2-3-4;/h2,4H,1H3;/q-1;+1. The Morgan fingerprint density at radius 1 is 1.80 bits per heavy atom. The molecular weight excluding hydrogens is 55.0 g/mol. The fourth-order valence-corrected chi connectivity index (χ4v) is 0.0962. The Labute approximate surface area is 44.4 Å². The molecular formula is C4H5Li. The molecule has 5 heavy (non-hydrogen) atoms. The maximum absolute atomic E-state index is 2.97. The van der Waals surface area contributed by atoms with Gasteiger partial charge in [-0.15, -0.1) is 0 Å². The molecule has 0 radical (unpaired) electrons. The molecule has 1 rings (SSSR count). The number of allylic oxidation sites excluding steroid dienone is 2. The van der Waals surface area contributed by atoms with Gasteiger partial charge < -0.3 is 6.08 Å². The molecule has 1 unspecified atom stereocenters. The third-order valence-corrected chi connectivity index (χ3v) is 0.500. The largest absolute Gasteiger partial charge is 1.00 e. The zero-order valence-electron chi connectivity index (χ0n) is 3.65. The van der Waals surface area contributed by atoms with Crippen molar-refractivity contribution in [3.63, 3.8) is 0 Å². The second-order valence-electron chi connectivity index (χ2n) is 1.12. The van der Waals surface area contributed by atoms with Gasteiger partial charge in [0.15, 0.2) is 0 Å². The Morgan fingerprint density at radius 3 is 2.00 bits per heavy atom. The molecule has 1 heteroatoms. The minimum Gasteiger partial charge on any atom is -0.499 e. The predicted molar refractivity (Wildman–Crippen MR) is 17.0 cm³/mol. The number of hydrogen-bond donors (Lipinski definition) is 0. The van der Waals surface area contributed by atoms with E-state index in [1.807, 2.05) is 6.08 Å². The summed E-state index contributed by atoms with van der Waals surface area (Å²) in [6, 6.07) is 0. The van der Waals surface area contributed by atoms with E-state index >= 15 is 0 Å². The van der Waals surface area contributed by atoms with Crippen molar-refractivity contribution in [3.8, 4) is 0 Å². The Hall–Kier alpha value is 0.337. The molecule has 0 saturated heterocycles. The SMILES string of the molecule is CC1[C-]=C1.[Li+].